The summed E-state index contributed by atoms with van der Waals surface area (Å²) >= 11 is 0. The van der Waals surface area contributed by atoms with Crippen LogP contribution in [0.2, 0.25) is 0 Å². The van der Waals surface area contributed by atoms with E-state index in [9.17, 15) is 20.4 Å². The minimum absolute atomic E-state index is 0.105. The molecule has 0 spiro atoms. The van der Waals surface area contributed by atoms with E-state index in [4.69, 9.17) is 4.74 Å². The Morgan fingerprint density at radius 2 is 1.27 bits per heavy atom. The first-order valence-corrected chi connectivity index (χ1v) is 7.12. The van der Waals surface area contributed by atoms with E-state index in [-0.39, 0.29) is 18.1 Å². The maximum absolute atomic E-state index is 10.6. The van der Waals surface area contributed by atoms with Crippen molar-refractivity contribution in [2.45, 2.75) is 24.2 Å². The first-order chi connectivity index (χ1) is 10.6. The average molecular weight is 302 g/mol. The van der Waals surface area contributed by atoms with Crippen LogP contribution < -0.4 is 0 Å². The number of aliphatic hydroxyl groups is 2. The van der Waals surface area contributed by atoms with E-state index in [1.165, 1.54) is 24.3 Å². The quantitative estimate of drug-likeness (QED) is 0.677. The number of hydrogen-bond donors (Lipinski definition) is 4. The van der Waals surface area contributed by atoms with Crippen molar-refractivity contribution in [3.8, 4) is 11.5 Å². The molecule has 2 aromatic rings. The van der Waals surface area contributed by atoms with Crippen molar-refractivity contribution in [1.29, 1.82) is 0 Å². The van der Waals surface area contributed by atoms with Crippen molar-refractivity contribution in [2.24, 2.45) is 0 Å². The predicted molar refractivity (Wildman–Crippen MR) is 79.7 cm³/mol. The van der Waals surface area contributed by atoms with Crippen LogP contribution in [0.4, 0.5) is 0 Å². The van der Waals surface area contributed by atoms with E-state index >= 15 is 0 Å². The van der Waals surface area contributed by atoms with E-state index < -0.39 is 24.2 Å². The molecule has 1 aliphatic heterocycles. The summed E-state index contributed by atoms with van der Waals surface area (Å²) in [5.74, 6) is -0.229. The topological polar surface area (TPSA) is 90.2 Å². The second-order valence-electron chi connectivity index (χ2n) is 5.52. The van der Waals surface area contributed by atoms with Crippen molar-refractivity contribution < 1.29 is 25.2 Å². The molecule has 0 aliphatic carbocycles. The molecule has 4 N–H and O–H groups in total. The Bertz CT molecular complexity index is 623. The number of aliphatic hydroxyl groups excluding tert-OH is 2. The smallest absolute Gasteiger partial charge is 0.115 e. The number of ether oxygens (including phenoxy) is 1. The normalized spacial score (nSPS) is 28.5. The molecule has 0 bridgehead atoms. The molecule has 5 nitrogen and oxygen atoms in total. The Kier molecular flexibility index (Phi) is 4.02. The molecular formula is C17H18O5. The molecule has 1 fully saturated rings. The van der Waals surface area contributed by atoms with Crippen LogP contribution in [-0.4, -0.2) is 39.2 Å². The first kappa shape index (κ1) is 14.8. The Morgan fingerprint density at radius 1 is 0.773 bits per heavy atom. The van der Waals surface area contributed by atoms with Gasteiger partial charge in [0, 0.05) is 5.92 Å². The van der Waals surface area contributed by atoms with Crippen LogP contribution in [0, 0.1) is 0 Å². The largest absolute Gasteiger partial charge is 0.508 e. The van der Waals surface area contributed by atoms with Gasteiger partial charge in [-0.25, -0.2) is 0 Å². The summed E-state index contributed by atoms with van der Waals surface area (Å²) in [7, 11) is 0. The summed E-state index contributed by atoms with van der Waals surface area (Å²) in [4.78, 5) is 0. The van der Waals surface area contributed by atoms with E-state index in [2.05, 4.69) is 0 Å². The summed E-state index contributed by atoms with van der Waals surface area (Å²) in [5.41, 5.74) is 1.48. The van der Waals surface area contributed by atoms with Crippen LogP contribution in [0.5, 0.6) is 11.5 Å². The molecule has 1 heterocycles. The molecule has 22 heavy (non-hydrogen) atoms. The molecule has 0 amide bonds. The summed E-state index contributed by atoms with van der Waals surface area (Å²) in [6.45, 7) is 0.105. The number of phenols is 2. The minimum atomic E-state index is -0.933. The van der Waals surface area contributed by atoms with Crippen LogP contribution in [0.1, 0.15) is 23.1 Å². The number of benzene rings is 2. The number of rotatable bonds is 2. The zero-order valence-corrected chi connectivity index (χ0v) is 11.8. The minimum Gasteiger partial charge on any atom is -0.508 e. The van der Waals surface area contributed by atoms with E-state index in [0.717, 1.165) is 11.1 Å². The Labute approximate surface area is 128 Å². The predicted octanol–water partition coefficient (Wildman–Crippen LogP) is 1.67. The van der Waals surface area contributed by atoms with Crippen molar-refractivity contribution >= 4 is 0 Å². The molecule has 4 unspecified atom stereocenters. The highest BCUT2D eigenvalue weighted by atomic mass is 16.5. The average Bonchev–Trinajstić information content (AvgIpc) is 2.51. The molecule has 116 valence electrons. The van der Waals surface area contributed by atoms with Gasteiger partial charge in [0.1, 0.15) is 17.6 Å². The van der Waals surface area contributed by atoms with Gasteiger partial charge in [-0.05, 0) is 35.4 Å². The Balaban J connectivity index is 1.89. The highest BCUT2D eigenvalue weighted by Gasteiger charge is 2.40. The zero-order chi connectivity index (χ0) is 15.7. The van der Waals surface area contributed by atoms with Gasteiger partial charge in [0.25, 0.3) is 0 Å². The van der Waals surface area contributed by atoms with Gasteiger partial charge in [0.15, 0.2) is 0 Å². The van der Waals surface area contributed by atoms with Crippen molar-refractivity contribution in [1.82, 2.24) is 0 Å². The molecule has 0 aromatic heterocycles. The van der Waals surface area contributed by atoms with Crippen LogP contribution >= 0.6 is 0 Å². The molecule has 3 rings (SSSR count). The van der Waals surface area contributed by atoms with Gasteiger partial charge in [0.2, 0.25) is 0 Å². The number of phenolic OH excluding ortho intramolecular Hbond substituents is 2. The van der Waals surface area contributed by atoms with E-state index in [1.807, 2.05) is 0 Å². The highest BCUT2D eigenvalue weighted by molar-refractivity contribution is 5.33. The SMILES string of the molecule is Oc1ccc(C2OCC(O)C(c3ccc(O)cc3)C2O)cc1. The van der Waals surface area contributed by atoms with Gasteiger partial charge in [-0.15, -0.1) is 0 Å². The lowest BCUT2D eigenvalue weighted by atomic mass is 9.82. The zero-order valence-electron chi connectivity index (χ0n) is 11.8. The lowest BCUT2D eigenvalue weighted by molar-refractivity contribution is -0.139. The van der Waals surface area contributed by atoms with Crippen LogP contribution in [0.25, 0.3) is 0 Å². The molecule has 0 saturated carbocycles. The maximum atomic E-state index is 10.6. The molecule has 1 saturated heterocycles. The standard InChI is InChI=1S/C17H18O5/c18-12-5-1-10(2-6-12)15-14(20)9-22-17(16(15)21)11-3-7-13(19)8-4-11/h1-8,14-21H,9H2. The molecule has 5 heteroatoms. The number of aromatic hydroxyl groups is 2. The molecule has 0 radical (unpaired) electrons. The van der Waals surface area contributed by atoms with Gasteiger partial charge < -0.3 is 25.2 Å². The molecular weight excluding hydrogens is 284 g/mol. The summed E-state index contributed by atoms with van der Waals surface area (Å²) in [5, 5.41) is 39.5. The van der Waals surface area contributed by atoms with Crippen molar-refractivity contribution in [3.63, 3.8) is 0 Å². The molecule has 4 atom stereocenters. The fourth-order valence-corrected chi connectivity index (χ4v) is 2.89. The fourth-order valence-electron chi connectivity index (χ4n) is 2.89. The van der Waals surface area contributed by atoms with E-state index in [0.29, 0.717) is 0 Å². The van der Waals surface area contributed by atoms with Crippen LogP contribution in [0.3, 0.4) is 0 Å². The third kappa shape index (κ3) is 2.78. The fraction of sp³-hybridized carbons (Fsp3) is 0.294. The highest BCUT2D eigenvalue weighted by Crippen LogP contribution is 2.38. The van der Waals surface area contributed by atoms with Gasteiger partial charge in [-0.3, -0.25) is 0 Å². The Hall–Kier alpha value is -2.08. The van der Waals surface area contributed by atoms with E-state index in [1.54, 1.807) is 24.3 Å². The van der Waals surface area contributed by atoms with Crippen LogP contribution in [-0.2, 0) is 4.74 Å². The van der Waals surface area contributed by atoms with Crippen molar-refractivity contribution in [3.05, 3.63) is 59.7 Å². The third-order valence-corrected chi connectivity index (χ3v) is 4.04. The van der Waals surface area contributed by atoms with Gasteiger partial charge >= 0.3 is 0 Å². The van der Waals surface area contributed by atoms with Gasteiger partial charge in [0.05, 0.1) is 18.8 Å². The van der Waals surface area contributed by atoms with Crippen LogP contribution in [0.15, 0.2) is 48.5 Å². The Morgan fingerprint density at radius 3 is 1.82 bits per heavy atom. The summed E-state index contributed by atoms with van der Waals surface area (Å²) in [6.07, 6.45) is -2.34. The van der Waals surface area contributed by atoms with Gasteiger partial charge in [-0.1, -0.05) is 24.3 Å². The molecule has 2 aromatic carbocycles. The summed E-state index contributed by atoms with van der Waals surface area (Å²) in [6, 6.07) is 12.9. The van der Waals surface area contributed by atoms with Crippen molar-refractivity contribution in [2.75, 3.05) is 6.61 Å². The third-order valence-electron chi connectivity index (χ3n) is 4.04. The lowest BCUT2D eigenvalue weighted by Crippen LogP contribution is -2.43. The second kappa shape index (κ2) is 5.96. The van der Waals surface area contributed by atoms with Gasteiger partial charge in [-0.2, -0.15) is 0 Å². The summed E-state index contributed by atoms with van der Waals surface area (Å²) < 4.78 is 5.57. The maximum Gasteiger partial charge on any atom is 0.115 e. The second-order valence-corrected chi connectivity index (χ2v) is 5.52. The number of hydrogen-bond acceptors (Lipinski definition) is 5. The molecule has 1 aliphatic rings. The monoisotopic (exact) mass is 302 g/mol. The first-order valence-electron chi connectivity index (χ1n) is 7.12. The lowest BCUT2D eigenvalue weighted by Gasteiger charge is -2.38.